The van der Waals surface area contributed by atoms with Crippen LogP contribution in [0, 0.1) is 18.6 Å². The third-order valence-corrected chi connectivity index (χ3v) is 4.89. The Morgan fingerprint density at radius 3 is 2.24 bits per heavy atom. The number of halogens is 2. The normalized spacial score (nSPS) is 14.0. The van der Waals surface area contributed by atoms with Crippen LogP contribution in [0.15, 0.2) is 48.5 Å². The zero-order valence-electron chi connectivity index (χ0n) is 16.3. The van der Waals surface area contributed by atoms with Crippen molar-refractivity contribution < 1.29 is 8.78 Å². The van der Waals surface area contributed by atoms with Crippen LogP contribution in [0.3, 0.4) is 0 Å². The molecule has 0 unspecified atom stereocenters. The van der Waals surface area contributed by atoms with Gasteiger partial charge in [-0.25, -0.2) is 13.8 Å². The van der Waals surface area contributed by atoms with Crippen LogP contribution in [0.25, 0.3) is 0 Å². The van der Waals surface area contributed by atoms with Crippen molar-refractivity contribution in [3.8, 4) is 0 Å². The van der Waals surface area contributed by atoms with Gasteiger partial charge in [-0.1, -0.05) is 0 Å². The summed E-state index contributed by atoms with van der Waals surface area (Å²) in [5.41, 5.74) is 3.27. The number of aromatic nitrogens is 2. The van der Waals surface area contributed by atoms with E-state index in [1.54, 1.807) is 6.07 Å². The number of anilines is 5. The minimum atomic E-state index is -0.909. The average Bonchev–Trinajstić information content (AvgIpc) is 2.72. The number of hydrogen-bond donors (Lipinski definition) is 2. The molecule has 0 amide bonds. The Balaban J connectivity index is 1.47. The highest BCUT2D eigenvalue weighted by Crippen LogP contribution is 2.24. The third-order valence-electron chi connectivity index (χ3n) is 4.89. The summed E-state index contributed by atoms with van der Waals surface area (Å²) in [4.78, 5) is 11.2. The Labute approximate surface area is 168 Å². The van der Waals surface area contributed by atoms with Crippen molar-refractivity contribution in [2.45, 2.75) is 26.2 Å². The van der Waals surface area contributed by atoms with Crippen molar-refractivity contribution in [3.05, 3.63) is 65.9 Å². The quantitative estimate of drug-likeness (QED) is 0.594. The van der Waals surface area contributed by atoms with Crippen LogP contribution in [0.2, 0.25) is 0 Å². The summed E-state index contributed by atoms with van der Waals surface area (Å²) in [6.07, 6.45) is 3.79. The van der Waals surface area contributed by atoms with E-state index in [-0.39, 0.29) is 0 Å². The molecule has 1 aliphatic heterocycles. The van der Waals surface area contributed by atoms with Gasteiger partial charge in [-0.2, -0.15) is 4.98 Å². The lowest BCUT2D eigenvalue weighted by Gasteiger charge is -2.28. The fraction of sp³-hybridized carbons (Fsp3) is 0.273. The first-order valence-corrected chi connectivity index (χ1v) is 9.77. The summed E-state index contributed by atoms with van der Waals surface area (Å²) < 4.78 is 26.5. The largest absolute Gasteiger partial charge is 0.372 e. The van der Waals surface area contributed by atoms with Gasteiger partial charge in [-0.15, -0.1) is 0 Å². The van der Waals surface area contributed by atoms with Gasteiger partial charge in [0, 0.05) is 48.0 Å². The lowest BCUT2D eigenvalue weighted by Crippen LogP contribution is -2.29. The molecular weight excluding hydrogens is 372 g/mol. The number of benzene rings is 2. The minimum absolute atomic E-state index is 0.416. The molecule has 0 atom stereocenters. The highest BCUT2D eigenvalue weighted by atomic mass is 19.2. The maximum atomic E-state index is 13.4. The van der Waals surface area contributed by atoms with E-state index >= 15 is 0 Å². The Morgan fingerprint density at radius 1 is 0.793 bits per heavy atom. The molecular formula is C22H23F2N5. The number of nitrogens with zero attached hydrogens (tertiary/aromatic N) is 3. The average molecular weight is 395 g/mol. The molecule has 2 N–H and O–H groups in total. The van der Waals surface area contributed by atoms with Crippen molar-refractivity contribution in [1.82, 2.24) is 9.97 Å². The molecule has 0 aliphatic carbocycles. The molecule has 0 bridgehead atoms. The molecule has 29 heavy (non-hydrogen) atoms. The van der Waals surface area contributed by atoms with E-state index in [0.717, 1.165) is 36.6 Å². The van der Waals surface area contributed by atoms with E-state index in [9.17, 15) is 8.78 Å². The molecule has 2 aromatic carbocycles. The molecule has 2 heterocycles. The number of rotatable bonds is 5. The molecule has 150 valence electrons. The van der Waals surface area contributed by atoms with Crippen LogP contribution in [0.1, 0.15) is 25.0 Å². The van der Waals surface area contributed by atoms with Gasteiger partial charge in [0.2, 0.25) is 5.95 Å². The van der Waals surface area contributed by atoms with Crippen molar-refractivity contribution in [1.29, 1.82) is 0 Å². The topological polar surface area (TPSA) is 53.1 Å². The van der Waals surface area contributed by atoms with Crippen LogP contribution < -0.4 is 15.5 Å². The van der Waals surface area contributed by atoms with Gasteiger partial charge >= 0.3 is 0 Å². The standard InChI is InChI=1S/C22H23F2N5/c1-15-13-21(26-17-7-10-19(23)20(24)14-17)28-22(25-15)27-16-5-8-18(9-6-16)29-11-3-2-4-12-29/h5-10,13-14H,2-4,11-12H2,1H3,(H2,25,26,27,28). The Hall–Kier alpha value is -3.22. The highest BCUT2D eigenvalue weighted by Gasteiger charge is 2.11. The van der Waals surface area contributed by atoms with Gasteiger partial charge < -0.3 is 15.5 Å². The van der Waals surface area contributed by atoms with E-state index in [2.05, 4.69) is 37.6 Å². The van der Waals surface area contributed by atoms with E-state index in [1.807, 2.05) is 19.1 Å². The Morgan fingerprint density at radius 2 is 1.52 bits per heavy atom. The highest BCUT2D eigenvalue weighted by molar-refractivity contribution is 5.62. The van der Waals surface area contributed by atoms with Gasteiger partial charge in [-0.05, 0) is 62.6 Å². The molecule has 0 spiro atoms. The summed E-state index contributed by atoms with van der Waals surface area (Å²) in [7, 11) is 0. The second kappa shape index (κ2) is 8.43. The number of aryl methyl sites for hydroxylation is 1. The van der Waals surface area contributed by atoms with Gasteiger partial charge in [0.1, 0.15) is 5.82 Å². The van der Waals surface area contributed by atoms with Gasteiger partial charge in [0.25, 0.3) is 0 Å². The van der Waals surface area contributed by atoms with Crippen molar-refractivity contribution in [3.63, 3.8) is 0 Å². The maximum absolute atomic E-state index is 13.4. The third kappa shape index (κ3) is 4.80. The maximum Gasteiger partial charge on any atom is 0.229 e. The molecule has 5 nitrogen and oxygen atoms in total. The van der Waals surface area contributed by atoms with Crippen LogP contribution in [-0.2, 0) is 0 Å². The van der Waals surface area contributed by atoms with Crippen molar-refractivity contribution in [2.75, 3.05) is 28.6 Å². The molecule has 0 radical (unpaired) electrons. The van der Waals surface area contributed by atoms with E-state index in [4.69, 9.17) is 0 Å². The fourth-order valence-electron chi connectivity index (χ4n) is 3.45. The zero-order chi connectivity index (χ0) is 20.2. The predicted molar refractivity (Wildman–Crippen MR) is 112 cm³/mol. The monoisotopic (exact) mass is 395 g/mol. The van der Waals surface area contributed by atoms with Crippen LogP contribution in [0.5, 0.6) is 0 Å². The summed E-state index contributed by atoms with van der Waals surface area (Å²) in [5.74, 6) is -0.866. The Bertz CT molecular complexity index is 985. The smallest absolute Gasteiger partial charge is 0.229 e. The molecule has 1 aromatic heterocycles. The minimum Gasteiger partial charge on any atom is -0.372 e. The van der Waals surface area contributed by atoms with Crippen LogP contribution >= 0.6 is 0 Å². The molecule has 1 fully saturated rings. The summed E-state index contributed by atoms with van der Waals surface area (Å²) in [6.45, 7) is 4.06. The zero-order valence-corrected chi connectivity index (χ0v) is 16.3. The molecule has 3 aromatic rings. The first-order chi connectivity index (χ1) is 14.1. The van der Waals surface area contributed by atoms with Gasteiger partial charge in [0.15, 0.2) is 11.6 Å². The molecule has 1 aliphatic rings. The first kappa shape index (κ1) is 19.1. The second-order valence-electron chi connectivity index (χ2n) is 7.19. The van der Waals surface area contributed by atoms with E-state index in [0.29, 0.717) is 17.5 Å². The predicted octanol–water partition coefficient (Wildman–Crippen LogP) is 5.54. The molecule has 1 saturated heterocycles. The van der Waals surface area contributed by atoms with Crippen LogP contribution in [0.4, 0.5) is 37.6 Å². The first-order valence-electron chi connectivity index (χ1n) is 9.77. The van der Waals surface area contributed by atoms with Crippen molar-refractivity contribution >= 4 is 28.8 Å². The lowest BCUT2D eigenvalue weighted by atomic mass is 10.1. The number of piperidine rings is 1. The van der Waals surface area contributed by atoms with Crippen LogP contribution in [-0.4, -0.2) is 23.1 Å². The molecule has 0 saturated carbocycles. The second-order valence-corrected chi connectivity index (χ2v) is 7.19. The molecule has 4 rings (SSSR count). The Kier molecular flexibility index (Phi) is 5.55. The summed E-state index contributed by atoms with van der Waals surface area (Å²) in [5, 5.41) is 6.19. The SMILES string of the molecule is Cc1cc(Nc2ccc(F)c(F)c2)nc(Nc2ccc(N3CCCCC3)cc2)n1. The lowest BCUT2D eigenvalue weighted by molar-refractivity contribution is 0.509. The van der Waals surface area contributed by atoms with Gasteiger partial charge in [0.05, 0.1) is 0 Å². The fourth-order valence-corrected chi connectivity index (χ4v) is 3.45. The van der Waals surface area contributed by atoms with Gasteiger partial charge in [-0.3, -0.25) is 0 Å². The molecule has 7 heteroatoms. The number of hydrogen-bond acceptors (Lipinski definition) is 5. The number of nitrogens with one attached hydrogen (secondary N) is 2. The van der Waals surface area contributed by atoms with E-state index in [1.165, 1.54) is 31.0 Å². The summed E-state index contributed by atoms with van der Waals surface area (Å²) >= 11 is 0. The van der Waals surface area contributed by atoms with Crippen molar-refractivity contribution in [2.24, 2.45) is 0 Å². The summed E-state index contributed by atoms with van der Waals surface area (Å²) in [6, 6.07) is 13.6. The van der Waals surface area contributed by atoms with E-state index < -0.39 is 11.6 Å².